The highest BCUT2D eigenvalue weighted by Crippen LogP contribution is 2.38. The van der Waals surface area contributed by atoms with Gasteiger partial charge in [-0.15, -0.1) is 10.2 Å². The van der Waals surface area contributed by atoms with E-state index in [4.69, 9.17) is 4.74 Å². The van der Waals surface area contributed by atoms with Crippen molar-refractivity contribution in [2.24, 2.45) is 0 Å². The molecule has 3 aromatic rings. The van der Waals surface area contributed by atoms with Crippen molar-refractivity contribution in [1.82, 2.24) is 24.5 Å². The van der Waals surface area contributed by atoms with E-state index in [1.807, 2.05) is 11.3 Å². The number of benzene rings is 1. The van der Waals surface area contributed by atoms with E-state index in [1.165, 1.54) is 4.90 Å². The number of carbonyl (C=O) groups excluding carboxylic acids is 2. The lowest BCUT2D eigenvalue weighted by atomic mass is 10.2. The molecule has 0 aliphatic carbocycles. The fraction of sp³-hybridized carbons (Fsp3) is 0.350. The molecule has 2 aromatic heterocycles. The average molecular weight is 422 g/mol. The second-order valence-corrected chi connectivity index (χ2v) is 7.62. The van der Waals surface area contributed by atoms with E-state index in [1.54, 1.807) is 48.9 Å². The van der Waals surface area contributed by atoms with Crippen LogP contribution in [-0.2, 0) is 4.79 Å². The van der Waals surface area contributed by atoms with Crippen molar-refractivity contribution in [3.8, 4) is 5.75 Å². The van der Waals surface area contributed by atoms with Crippen molar-refractivity contribution in [3.05, 3.63) is 36.9 Å². The molecule has 1 unspecified atom stereocenters. The SMILES string of the molecule is CC1CN(C(=O)Nc2cccc3c2N(C)C(=O)CO3)CCN1c1nccn2cnnc12. The number of rotatable bonds is 2. The molecule has 2 aliphatic rings. The number of nitrogens with one attached hydrogen (secondary N) is 1. The fourth-order valence-electron chi connectivity index (χ4n) is 4.05. The van der Waals surface area contributed by atoms with Crippen LogP contribution in [0.15, 0.2) is 36.9 Å². The number of nitrogens with zero attached hydrogens (tertiary/aromatic N) is 7. The summed E-state index contributed by atoms with van der Waals surface area (Å²) in [5.74, 6) is 1.17. The minimum absolute atomic E-state index is 0.00674. The molecule has 1 aromatic carbocycles. The number of urea groups is 1. The largest absolute Gasteiger partial charge is 0.481 e. The van der Waals surface area contributed by atoms with Gasteiger partial charge in [0.15, 0.2) is 12.4 Å². The zero-order chi connectivity index (χ0) is 21.5. The summed E-state index contributed by atoms with van der Waals surface area (Å²) in [5.41, 5.74) is 1.81. The molecular formula is C20H22N8O3. The zero-order valence-corrected chi connectivity index (χ0v) is 17.2. The molecule has 1 saturated heterocycles. The number of hydrogen-bond donors (Lipinski definition) is 1. The first-order valence-corrected chi connectivity index (χ1v) is 10.0. The van der Waals surface area contributed by atoms with Crippen LogP contribution in [0.2, 0.25) is 0 Å². The third kappa shape index (κ3) is 3.27. The molecule has 0 bridgehead atoms. The van der Waals surface area contributed by atoms with Gasteiger partial charge in [-0.25, -0.2) is 9.78 Å². The summed E-state index contributed by atoms with van der Waals surface area (Å²) in [6, 6.07) is 5.16. The van der Waals surface area contributed by atoms with Crippen molar-refractivity contribution >= 4 is 34.8 Å². The summed E-state index contributed by atoms with van der Waals surface area (Å²) in [4.78, 5) is 34.9. The van der Waals surface area contributed by atoms with Crippen LogP contribution in [0.4, 0.5) is 22.0 Å². The number of piperazine rings is 1. The number of amides is 3. The maximum atomic E-state index is 13.0. The van der Waals surface area contributed by atoms with Crippen LogP contribution in [0, 0.1) is 0 Å². The van der Waals surface area contributed by atoms with Gasteiger partial charge in [-0.2, -0.15) is 0 Å². The molecule has 1 N–H and O–H groups in total. The van der Waals surface area contributed by atoms with E-state index in [0.717, 1.165) is 5.82 Å². The lowest BCUT2D eigenvalue weighted by Crippen LogP contribution is -2.55. The number of carbonyl (C=O) groups is 2. The minimum Gasteiger partial charge on any atom is -0.481 e. The first-order chi connectivity index (χ1) is 15.0. The number of fused-ring (bicyclic) bond motifs is 2. The van der Waals surface area contributed by atoms with Crippen LogP contribution in [0.5, 0.6) is 5.75 Å². The van der Waals surface area contributed by atoms with Crippen molar-refractivity contribution in [1.29, 1.82) is 0 Å². The third-order valence-corrected chi connectivity index (χ3v) is 5.69. The fourth-order valence-corrected chi connectivity index (χ4v) is 4.05. The van der Waals surface area contributed by atoms with Crippen molar-refractivity contribution in [2.45, 2.75) is 13.0 Å². The first kappa shape index (κ1) is 19.1. The molecular weight excluding hydrogens is 400 g/mol. The highest BCUT2D eigenvalue weighted by molar-refractivity contribution is 6.04. The van der Waals surface area contributed by atoms with E-state index in [0.29, 0.717) is 42.4 Å². The van der Waals surface area contributed by atoms with Crippen LogP contribution in [0.25, 0.3) is 5.65 Å². The topological polar surface area (TPSA) is 108 Å². The van der Waals surface area contributed by atoms with Crippen LogP contribution in [-0.4, -0.2) is 75.8 Å². The molecule has 11 nitrogen and oxygen atoms in total. The molecule has 160 valence electrons. The Morgan fingerprint density at radius 3 is 3.00 bits per heavy atom. The van der Waals surface area contributed by atoms with Crippen LogP contribution < -0.4 is 19.9 Å². The normalized spacial score (nSPS) is 18.7. The van der Waals surface area contributed by atoms with E-state index in [-0.39, 0.29) is 24.6 Å². The van der Waals surface area contributed by atoms with Crippen LogP contribution in [0.3, 0.4) is 0 Å². The molecule has 0 saturated carbocycles. The second-order valence-electron chi connectivity index (χ2n) is 7.62. The lowest BCUT2D eigenvalue weighted by molar-refractivity contribution is -0.120. The summed E-state index contributed by atoms with van der Waals surface area (Å²) in [6.45, 7) is 3.69. The predicted octanol–water partition coefficient (Wildman–Crippen LogP) is 1.22. The standard InChI is InChI=1S/C20H22N8O3/c1-13-10-26(8-9-28(13)18-19-24-22-12-27(19)7-6-21-18)20(30)23-14-4-3-5-15-17(14)25(2)16(29)11-31-15/h3-7,12-13H,8-11H2,1-2H3,(H,23,30). The number of para-hydroxylation sites is 1. The molecule has 2 aliphatic heterocycles. The summed E-state index contributed by atoms with van der Waals surface area (Å²) in [5, 5.41) is 11.1. The van der Waals surface area contributed by atoms with Gasteiger partial charge >= 0.3 is 6.03 Å². The molecule has 1 fully saturated rings. The van der Waals surface area contributed by atoms with Crippen molar-refractivity contribution in [2.75, 3.05) is 48.4 Å². The Morgan fingerprint density at radius 2 is 2.16 bits per heavy atom. The number of likely N-dealkylation sites (N-methyl/N-ethyl adjacent to an activating group) is 1. The van der Waals surface area contributed by atoms with E-state index in [2.05, 4.69) is 25.4 Å². The smallest absolute Gasteiger partial charge is 0.322 e. The van der Waals surface area contributed by atoms with E-state index < -0.39 is 0 Å². The van der Waals surface area contributed by atoms with Crippen LogP contribution >= 0.6 is 0 Å². The molecule has 3 amide bonds. The Kier molecular flexibility index (Phi) is 4.57. The Hall–Kier alpha value is -3.89. The highest BCUT2D eigenvalue weighted by Gasteiger charge is 2.31. The lowest BCUT2D eigenvalue weighted by Gasteiger charge is -2.40. The van der Waals surface area contributed by atoms with Gasteiger partial charge in [0.2, 0.25) is 5.65 Å². The first-order valence-electron chi connectivity index (χ1n) is 10.0. The molecule has 5 rings (SSSR count). The summed E-state index contributed by atoms with van der Waals surface area (Å²) >= 11 is 0. The highest BCUT2D eigenvalue weighted by atomic mass is 16.5. The monoisotopic (exact) mass is 422 g/mol. The molecule has 31 heavy (non-hydrogen) atoms. The number of ether oxygens (including phenoxy) is 1. The second kappa shape index (κ2) is 7.42. The maximum absolute atomic E-state index is 13.0. The Balaban J connectivity index is 1.32. The van der Waals surface area contributed by atoms with Gasteiger partial charge in [0, 0.05) is 45.1 Å². The molecule has 11 heteroatoms. The Morgan fingerprint density at radius 1 is 1.29 bits per heavy atom. The van der Waals surface area contributed by atoms with Crippen LogP contribution in [0.1, 0.15) is 6.92 Å². The van der Waals surface area contributed by atoms with Gasteiger partial charge < -0.3 is 24.8 Å². The summed E-state index contributed by atoms with van der Waals surface area (Å²) < 4.78 is 7.33. The van der Waals surface area contributed by atoms with Gasteiger partial charge in [-0.3, -0.25) is 9.20 Å². The zero-order valence-electron chi connectivity index (χ0n) is 17.2. The van der Waals surface area contributed by atoms with E-state index in [9.17, 15) is 9.59 Å². The predicted molar refractivity (Wildman–Crippen MR) is 114 cm³/mol. The molecule has 4 heterocycles. The molecule has 1 atom stereocenters. The summed E-state index contributed by atoms with van der Waals surface area (Å²) in [7, 11) is 1.68. The Bertz CT molecular complexity index is 1160. The Labute approximate surface area is 178 Å². The third-order valence-electron chi connectivity index (χ3n) is 5.69. The van der Waals surface area contributed by atoms with Crippen molar-refractivity contribution in [3.63, 3.8) is 0 Å². The number of anilines is 3. The number of hydrogen-bond acceptors (Lipinski definition) is 7. The minimum atomic E-state index is -0.222. The quantitative estimate of drug-likeness (QED) is 0.662. The molecule has 0 radical (unpaired) electrons. The van der Waals surface area contributed by atoms with Gasteiger partial charge in [-0.05, 0) is 19.1 Å². The van der Waals surface area contributed by atoms with E-state index >= 15 is 0 Å². The summed E-state index contributed by atoms with van der Waals surface area (Å²) in [6.07, 6.45) is 5.16. The van der Waals surface area contributed by atoms with Gasteiger partial charge in [0.25, 0.3) is 5.91 Å². The van der Waals surface area contributed by atoms with Gasteiger partial charge in [0.05, 0.1) is 5.69 Å². The number of aromatic nitrogens is 4. The average Bonchev–Trinajstić information content (AvgIpc) is 3.25. The maximum Gasteiger partial charge on any atom is 0.322 e. The van der Waals surface area contributed by atoms with Gasteiger partial charge in [-0.1, -0.05) is 6.07 Å². The van der Waals surface area contributed by atoms with Gasteiger partial charge in [0.1, 0.15) is 17.8 Å². The molecule has 0 spiro atoms. The van der Waals surface area contributed by atoms with Crippen molar-refractivity contribution < 1.29 is 14.3 Å².